The molecule has 0 atom stereocenters. The van der Waals surface area contributed by atoms with Gasteiger partial charge in [0.1, 0.15) is 18.2 Å². The maximum Gasteiger partial charge on any atom is 0.293 e. The highest BCUT2D eigenvalue weighted by molar-refractivity contribution is 8.18. The van der Waals surface area contributed by atoms with E-state index in [0.717, 1.165) is 27.6 Å². The van der Waals surface area contributed by atoms with Crippen LogP contribution in [-0.2, 0) is 22.7 Å². The molecule has 0 unspecified atom stereocenters. The average Bonchev–Trinajstić information content (AvgIpc) is 3.33. The molecule has 0 aliphatic carbocycles. The van der Waals surface area contributed by atoms with E-state index in [-0.39, 0.29) is 29.5 Å². The summed E-state index contributed by atoms with van der Waals surface area (Å²) in [5.74, 6) is -1.69. The fraction of sp³-hybridized carbons (Fsp3) is 0.0741. The van der Waals surface area contributed by atoms with Crippen LogP contribution in [0.2, 0.25) is 0 Å². The molecule has 1 aromatic heterocycles. The monoisotopic (exact) mass is 503 g/mol. The summed E-state index contributed by atoms with van der Waals surface area (Å²) in [5, 5.41) is 3.05. The Balaban J connectivity index is 1.39. The fourth-order valence-electron chi connectivity index (χ4n) is 3.98. The van der Waals surface area contributed by atoms with Gasteiger partial charge in [-0.25, -0.2) is 8.78 Å². The highest BCUT2D eigenvalue weighted by atomic mass is 32.2. The number of halogens is 2. The van der Waals surface area contributed by atoms with Gasteiger partial charge in [0.05, 0.1) is 11.4 Å². The molecule has 6 nitrogen and oxygen atoms in total. The molecule has 4 aromatic rings. The van der Waals surface area contributed by atoms with Crippen LogP contribution in [-0.4, -0.2) is 26.5 Å². The molecule has 0 bridgehead atoms. The van der Waals surface area contributed by atoms with Gasteiger partial charge >= 0.3 is 0 Å². The minimum absolute atomic E-state index is 0.0134. The van der Waals surface area contributed by atoms with Gasteiger partial charge in [0, 0.05) is 33.9 Å². The Morgan fingerprint density at radius 1 is 0.944 bits per heavy atom. The van der Waals surface area contributed by atoms with E-state index >= 15 is 0 Å². The predicted molar refractivity (Wildman–Crippen MR) is 135 cm³/mol. The number of nitrogens with one attached hydrogen (secondary N) is 1. The second kappa shape index (κ2) is 9.79. The Bertz CT molecular complexity index is 1530. The molecule has 3 aromatic carbocycles. The number of fused-ring (bicyclic) bond motifs is 1. The van der Waals surface area contributed by atoms with Crippen LogP contribution >= 0.6 is 11.8 Å². The highest BCUT2D eigenvalue weighted by Gasteiger charge is 2.35. The molecule has 1 aliphatic heterocycles. The lowest BCUT2D eigenvalue weighted by atomic mass is 10.1. The number of carbonyl (C=O) groups excluding carboxylic acids is 3. The molecule has 0 spiro atoms. The van der Waals surface area contributed by atoms with Crippen molar-refractivity contribution in [2.75, 3.05) is 5.32 Å². The van der Waals surface area contributed by atoms with Crippen molar-refractivity contribution >= 4 is 51.5 Å². The van der Waals surface area contributed by atoms with Crippen LogP contribution in [0.5, 0.6) is 0 Å². The number of hydrogen-bond donors (Lipinski definition) is 1. The van der Waals surface area contributed by atoms with Gasteiger partial charge in [-0.05, 0) is 54.2 Å². The van der Waals surface area contributed by atoms with Crippen LogP contribution in [0.3, 0.4) is 0 Å². The molecule has 1 aliphatic rings. The van der Waals surface area contributed by atoms with E-state index < -0.39 is 22.8 Å². The van der Waals surface area contributed by atoms with Crippen LogP contribution in [0, 0.1) is 11.6 Å². The number of hydrogen-bond acceptors (Lipinski definition) is 4. The normalized spacial score (nSPS) is 14.7. The van der Waals surface area contributed by atoms with Crippen molar-refractivity contribution in [2.24, 2.45) is 0 Å². The number of anilines is 1. The Morgan fingerprint density at radius 2 is 1.67 bits per heavy atom. The number of nitrogens with zero attached hydrogens (tertiary/aromatic N) is 2. The molecule has 1 saturated heterocycles. The molecule has 180 valence electrons. The lowest BCUT2D eigenvalue weighted by Crippen LogP contribution is -2.27. The van der Waals surface area contributed by atoms with Crippen molar-refractivity contribution in [1.29, 1.82) is 0 Å². The van der Waals surface area contributed by atoms with Crippen LogP contribution in [0.15, 0.2) is 83.9 Å². The number of para-hydroxylation sites is 1. The summed E-state index contributed by atoms with van der Waals surface area (Å²) in [4.78, 5) is 39.4. The number of imide groups is 1. The molecule has 9 heteroatoms. The summed E-state index contributed by atoms with van der Waals surface area (Å²) in [6, 6.07) is 18.9. The molecule has 1 fully saturated rings. The van der Waals surface area contributed by atoms with Gasteiger partial charge in [0.2, 0.25) is 5.91 Å². The van der Waals surface area contributed by atoms with Crippen molar-refractivity contribution in [1.82, 2.24) is 9.47 Å². The summed E-state index contributed by atoms with van der Waals surface area (Å²) in [6.45, 7) is -0.166. The Morgan fingerprint density at radius 3 is 2.44 bits per heavy atom. The molecule has 0 radical (unpaired) electrons. The molecule has 1 N–H and O–H groups in total. The zero-order valence-corrected chi connectivity index (χ0v) is 19.6. The van der Waals surface area contributed by atoms with E-state index in [1.807, 2.05) is 24.3 Å². The van der Waals surface area contributed by atoms with Crippen molar-refractivity contribution in [3.63, 3.8) is 0 Å². The second-order valence-corrected chi connectivity index (χ2v) is 9.14. The fourth-order valence-corrected chi connectivity index (χ4v) is 4.81. The van der Waals surface area contributed by atoms with Crippen LogP contribution < -0.4 is 5.32 Å². The van der Waals surface area contributed by atoms with Gasteiger partial charge in [-0.1, -0.05) is 36.4 Å². The number of carbonyl (C=O) groups is 3. The van der Waals surface area contributed by atoms with Gasteiger partial charge in [-0.15, -0.1) is 0 Å². The molecular formula is C27H19F2N3O3S. The Hall–Kier alpha value is -4.24. The lowest BCUT2D eigenvalue weighted by molar-refractivity contribution is -0.123. The van der Waals surface area contributed by atoms with Gasteiger partial charge in [0.25, 0.3) is 11.1 Å². The zero-order chi connectivity index (χ0) is 25.2. The standard InChI is InChI=1S/C27H19F2N3O3S/c28-19-9-11-20(12-10-19)30-25(33)16-31-14-18(21-6-2-4-8-23(21)31)13-24-26(34)32(27(35)36-24)15-17-5-1-3-7-22(17)29/h1-14H,15-16H2,(H,30,33)/b24-13-. The summed E-state index contributed by atoms with van der Waals surface area (Å²) in [7, 11) is 0. The maximum atomic E-state index is 14.1. The zero-order valence-electron chi connectivity index (χ0n) is 18.8. The summed E-state index contributed by atoms with van der Waals surface area (Å²) in [5.41, 5.74) is 2.16. The van der Waals surface area contributed by atoms with Crippen LogP contribution in [0.1, 0.15) is 11.1 Å². The highest BCUT2D eigenvalue weighted by Crippen LogP contribution is 2.35. The van der Waals surface area contributed by atoms with E-state index in [1.165, 1.54) is 36.4 Å². The van der Waals surface area contributed by atoms with E-state index in [0.29, 0.717) is 11.3 Å². The largest absolute Gasteiger partial charge is 0.337 e. The van der Waals surface area contributed by atoms with Gasteiger partial charge < -0.3 is 9.88 Å². The predicted octanol–water partition coefficient (Wildman–Crippen LogP) is 5.79. The van der Waals surface area contributed by atoms with E-state index in [9.17, 15) is 23.2 Å². The summed E-state index contributed by atoms with van der Waals surface area (Å²) < 4.78 is 28.9. The maximum absolute atomic E-state index is 14.1. The first-order valence-corrected chi connectivity index (χ1v) is 11.8. The average molecular weight is 504 g/mol. The third kappa shape index (κ3) is 4.78. The van der Waals surface area contributed by atoms with E-state index in [4.69, 9.17) is 0 Å². The number of amides is 3. The molecule has 5 rings (SSSR count). The number of aromatic nitrogens is 1. The SMILES string of the molecule is O=C(Cn1cc(/C=C2\SC(=O)N(Cc3ccccc3F)C2=O)c2ccccc21)Nc1ccc(F)cc1. The third-order valence-corrected chi connectivity index (χ3v) is 6.62. The second-order valence-electron chi connectivity index (χ2n) is 8.14. The first-order valence-electron chi connectivity index (χ1n) is 11.0. The minimum atomic E-state index is -0.501. The van der Waals surface area contributed by atoms with Crippen molar-refractivity contribution in [3.8, 4) is 0 Å². The first-order chi connectivity index (χ1) is 17.4. The van der Waals surface area contributed by atoms with Crippen LogP contribution in [0.4, 0.5) is 19.3 Å². The molecule has 2 heterocycles. The number of rotatable bonds is 6. The smallest absolute Gasteiger partial charge is 0.293 e. The first kappa shape index (κ1) is 23.5. The Kier molecular flexibility index (Phi) is 6.39. The molecule has 36 heavy (non-hydrogen) atoms. The van der Waals surface area contributed by atoms with E-state index in [2.05, 4.69) is 5.32 Å². The number of benzene rings is 3. The van der Waals surface area contributed by atoms with Crippen molar-refractivity contribution in [3.05, 3.63) is 107 Å². The third-order valence-electron chi connectivity index (χ3n) is 5.71. The van der Waals surface area contributed by atoms with Gasteiger partial charge in [-0.2, -0.15) is 0 Å². The summed E-state index contributed by atoms with van der Waals surface area (Å²) >= 11 is 0.793. The molecular weight excluding hydrogens is 484 g/mol. The number of thioether (sulfide) groups is 1. The topological polar surface area (TPSA) is 71.4 Å². The Labute approximate surface area is 209 Å². The van der Waals surface area contributed by atoms with Crippen molar-refractivity contribution < 1.29 is 23.2 Å². The molecule has 3 amide bonds. The minimum Gasteiger partial charge on any atom is -0.337 e. The quantitative estimate of drug-likeness (QED) is 0.338. The van der Waals surface area contributed by atoms with E-state index in [1.54, 1.807) is 29.0 Å². The van der Waals surface area contributed by atoms with Gasteiger partial charge in [-0.3, -0.25) is 19.3 Å². The van der Waals surface area contributed by atoms with Crippen molar-refractivity contribution in [2.45, 2.75) is 13.1 Å². The lowest BCUT2D eigenvalue weighted by Gasteiger charge is -2.12. The summed E-state index contributed by atoms with van der Waals surface area (Å²) in [6.07, 6.45) is 3.35. The molecule has 0 saturated carbocycles. The van der Waals surface area contributed by atoms with Gasteiger partial charge in [0.15, 0.2) is 0 Å². The van der Waals surface area contributed by atoms with Crippen LogP contribution in [0.25, 0.3) is 17.0 Å².